The Bertz CT molecular complexity index is 589. The molecule has 1 aromatic carbocycles. The molecule has 2 fully saturated rings. The largest absolute Gasteiger partial charge is 0.381 e. The molecule has 2 aliphatic rings. The van der Waals surface area contributed by atoms with E-state index in [2.05, 4.69) is 41.4 Å². The number of rotatable bonds is 6. The van der Waals surface area contributed by atoms with Crippen LogP contribution in [0.5, 0.6) is 0 Å². The zero-order valence-corrected chi connectivity index (χ0v) is 18.2. The van der Waals surface area contributed by atoms with Gasteiger partial charge >= 0.3 is 0 Å². The van der Waals surface area contributed by atoms with Crippen LogP contribution in [0.4, 0.5) is 0 Å². The minimum Gasteiger partial charge on any atom is -0.381 e. The first kappa shape index (κ1) is 25.1. The minimum absolute atomic E-state index is 0. The number of nitrogens with zero attached hydrogens (tertiary/aromatic N) is 1. The molecule has 0 spiro atoms. The Balaban J connectivity index is 0.00000196. The quantitative estimate of drug-likeness (QED) is 0.717. The van der Waals surface area contributed by atoms with E-state index in [1.54, 1.807) is 0 Å². The number of hydrogen-bond acceptors (Lipinski definition) is 5. The van der Waals surface area contributed by atoms with Crippen LogP contribution >= 0.6 is 24.8 Å². The Hall–Kier alpha value is -0.890. The van der Waals surface area contributed by atoms with Crippen LogP contribution in [0.3, 0.4) is 0 Å². The summed E-state index contributed by atoms with van der Waals surface area (Å²) in [5.74, 6) is 0.0636. The van der Waals surface area contributed by atoms with Gasteiger partial charge in [0.25, 0.3) is 0 Å². The molecule has 1 aromatic rings. The first-order valence-electron chi connectivity index (χ1n) is 9.59. The number of benzene rings is 1. The van der Waals surface area contributed by atoms with Crippen LogP contribution < -0.4 is 11.1 Å². The summed E-state index contributed by atoms with van der Waals surface area (Å²) in [4.78, 5) is 15.3. The normalized spacial score (nSPS) is 20.4. The van der Waals surface area contributed by atoms with Gasteiger partial charge in [-0.25, -0.2) is 0 Å². The van der Waals surface area contributed by atoms with Gasteiger partial charge in [-0.3, -0.25) is 9.69 Å². The van der Waals surface area contributed by atoms with Gasteiger partial charge in [0.1, 0.15) is 0 Å². The summed E-state index contributed by atoms with van der Waals surface area (Å²) in [6.45, 7) is 7.49. The van der Waals surface area contributed by atoms with E-state index < -0.39 is 5.41 Å². The van der Waals surface area contributed by atoms with Crippen LogP contribution in [0.1, 0.15) is 30.0 Å². The zero-order valence-electron chi connectivity index (χ0n) is 16.5. The summed E-state index contributed by atoms with van der Waals surface area (Å²) in [6, 6.07) is 8.73. The van der Waals surface area contributed by atoms with Crippen LogP contribution in [0.2, 0.25) is 0 Å². The maximum Gasteiger partial charge on any atom is 0.227 e. The fraction of sp³-hybridized carbons (Fsp3) is 0.650. The highest BCUT2D eigenvalue weighted by Gasteiger charge is 2.39. The topological polar surface area (TPSA) is 76.8 Å². The van der Waals surface area contributed by atoms with Crippen molar-refractivity contribution in [2.45, 2.75) is 25.8 Å². The molecular weight excluding hydrogens is 401 g/mol. The Morgan fingerprint density at radius 1 is 1.11 bits per heavy atom. The summed E-state index contributed by atoms with van der Waals surface area (Å²) in [6.07, 6.45) is 1.39. The summed E-state index contributed by atoms with van der Waals surface area (Å²) in [7, 11) is 0. The molecule has 1 atom stereocenters. The SMILES string of the molecule is Cc1ccc(C(CNC(=O)C2(CN)CCOCC2)N2CCOCC2)cc1.Cl.Cl. The van der Waals surface area contributed by atoms with Gasteiger partial charge in [-0.2, -0.15) is 0 Å². The number of aryl methyl sites for hydroxylation is 1. The molecule has 0 saturated carbocycles. The number of carbonyl (C=O) groups excluding carboxylic acids is 1. The van der Waals surface area contributed by atoms with Crippen LogP contribution in [0, 0.1) is 12.3 Å². The van der Waals surface area contributed by atoms with Crippen molar-refractivity contribution < 1.29 is 14.3 Å². The molecule has 160 valence electrons. The van der Waals surface area contributed by atoms with E-state index in [0.29, 0.717) is 39.1 Å². The number of hydrogen-bond donors (Lipinski definition) is 2. The number of halogens is 2. The first-order valence-corrected chi connectivity index (χ1v) is 9.59. The molecule has 2 saturated heterocycles. The molecule has 1 amide bonds. The van der Waals surface area contributed by atoms with Crippen LogP contribution in [0.25, 0.3) is 0 Å². The van der Waals surface area contributed by atoms with Crippen molar-refractivity contribution in [3.05, 3.63) is 35.4 Å². The van der Waals surface area contributed by atoms with Crippen LogP contribution in [-0.4, -0.2) is 63.4 Å². The van der Waals surface area contributed by atoms with Crippen molar-refractivity contribution in [1.82, 2.24) is 10.2 Å². The molecule has 8 heteroatoms. The average molecular weight is 434 g/mol. The Morgan fingerprint density at radius 3 is 2.25 bits per heavy atom. The maximum absolute atomic E-state index is 12.9. The molecule has 1 unspecified atom stereocenters. The third-order valence-electron chi connectivity index (χ3n) is 5.73. The van der Waals surface area contributed by atoms with Gasteiger partial charge in [-0.15, -0.1) is 24.8 Å². The lowest BCUT2D eigenvalue weighted by Crippen LogP contribution is -2.51. The van der Waals surface area contributed by atoms with Crippen LogP contribution in [-0.2, 0) is 14.3 Å². The van der Waals surface area contributed by atoms with Gasteiger partial charge in [-0.1, -0.05) is 29.8 Å². The van der Waals surface area contributed by atoms with Crippen LogP contribution in [0.15, 0.2) is 24.3 Å². The number of morpholine rings is 1. The summed E-state index contributed by atoms with van der Waals surface area (Å²) >= 11 is 0. The van der Waals surface area contributed by atoms with Crippen molar-refractivity contribution in [2.75, 3.05) is 52.6 Å². The van der Waals surface area contributed by atoms with Crippen molar-refractivity contribution in [2.24, 2.45) is 11.1 Å². The molecule has 2 heterocycles. The molecule has 0 aliphatic carbocycles. The van der Waals surface area contributed by atoms with Crippen molar-refractivity contribution in [1.29, 1.82) is 0 Å². The molecule has 3 rings (SSSR count). The summed E-state index contributed by atoms with van der Waals surface area (Å²) < 4.78 is 10.9. The zero-order chi connectivity index (χ0) is 18.4. The van der Waals surface area contributed by atoms with E-state index in [4.69, 9.17) is 15.2 Å². The lowest BCUT2D eigenvalue weighted by molar-refractivity contribution is -0.136. The highest BCUT2D eigenvalue weighted by atomic mass is 35.5. The molecule has 6 nitrogen and oxygen atoms in total. The molecule has 28 heavy (non-hydrogen) atoms. The first-order chi connectivity index (χ1) is 12.6. The summed E-state index contributed by atoms with van der Waals surface area (Å²) in [5, 5.41) is 3.20. The molecular formula is C20H33Cl2N3O3. The lowest BCUT2D eigenvalue weighted by Gasteiger charge is -2.37. The average Bonchev–Trinajstić information content (AvgIpc) is 2.70. The number of nitrogens with two attached hydrogens (primary N) is 1. The molecule has 2 aliphatic heterocycles. The predicted octanol–water partition coefficient (Wildman–Crippen LogP) is 2.08. The van der Waals surface area contributed by atoms with E-state index in [0.717, 1.165) is 26.3 Å². The third kappa shape index (κ3) is 6.05. The van der Waals surface area contributed by atoms with Gasteiger partial charge < -0.3 is 20.5 Å². The highest BCUT2D eigenvalue weighted by Crippen LogP contribution is 2.30. The van der Waals surface area contributed by atoms with Gasteiger partial charge in [0.15, 0.2) is 0 Å². The number of ether oxygens (including phenoxy) is 2. The Labute approximate surface area is 180 Å². The standard InChI is InChI=1S/C20H31N3O3.2ClH/c1-16-2-4-17(5-3-16)18(23-8-12-26-13-9-23)14-22-19(24)20(15-21)6-10-25-11-7-20;;/h2-5,18H,6-15,21H2,1H3,(H,22,24);2*1H. The van der Waals surface area contributed by atoms with Crippen molar-refractivity contribution in [3.63, 3.8) is 0 Å². The number of nitrogens with one attached hydrogen (secondary N) is 1. The van der Waals surface area contributed by atoms with E-state index >= 15 is 0 Å². The maximum atomic E-state index is 12.9. The Kier molecular flexibility index (Phi) is 10.7. The van der Waals surface area contributed by atoms with E-state index in [1.807, 2.05) is 0 Å². The predicted molar refractivity (Wildman–Crippen MR) is 115 cm³/mol. The second-order valence-electron chi connectivity index (χ2n) is 7.38. The van der Waals surface area contributed by atoms with Gasteiger partial charge in [0, 0.05) is 39.4 Å². The summed E-state index contributed by atoms with van der Waals surface area (Å²) in [5.41, 5.74) is 7.95. The number of amides is 1. The minimum atomic E-state index is -0.485. The number of carbonyl (C=O) groups is 1. The second-order valence-corrected chi connectivity index (χ2v) is 7.38. The van der Waals surface area contributed by atoms with E-state index in [-0.39, 0.29) is 36.8 Å². The molecule has 0 radical (unpaired) electrons. The van der Waals surface area contributed by atoms with Crippen molar-refractivity contribution in [3.8, 4) is 0 Å². The Morgan fingerprint density at radius 2 is 1.68 bits per heavy atom. The highest BCUT2D eigenvalue weighted by molar-refractivity contribution is 5.85. The smallest absolute Gasteiger partial charge is 0.227 e. The lowest BCUT2D eigenvalue weighted by atomic mass is 9.79. The molecule has 0 aromatic heterocycles. The second kappa shape index (κ2) is 12.0. The monoisotopic (exact) mass is 433 g/mol. The molecule has 3 N–H and O–H groups in total. The van der Waals surface area contributed by atoms with Crippen molar-refractivity contribution >= 4 is 30.7 Å². The third-order valence-corrected chi connectivity index (χ3v) is 5.73. The van der Waals surface area contributed by atoms with Gasteiger partial charge in [0.2, 0.25) is 5.91 Å². The fourth-order valence-corrected chi connectivity index (χ4v) is 3.80. The van der Waals surface area contributed by atoms with Gasteiger partial charge in [-0.05, 0) is 25.3 Å². The molecule has 0 bridgehead atoms. The van der Waals surface area contributed by atoms with Gasteiger partial charge in [0.05, 0.1) is 24.7 Å². The van der Waals surface area contributed by atoms with E-state index in [1.165, 1.54) is 11.1 Å². The van der Waals surface area contributed by atoms with E-state index in [9.17, 15) is 4.79 Å². The fourth-order valence-electron chi connectivity index (χ4n) is 3.80.